The zero-order chi connectivity index (χ0) is 11.4. The summed E-state index contributed by atoms with van der Waals surface area (Å²) >= 11 is 0. The van der Waals surface area contributed by atoms with Crippen LogP contribution in [0.4, 0.5) is 5.82 Å². The number of aryl methyl sites for hydroxylation is 2. The van der Waals surface area contributed by atoms with Crippen molar-refractivity contribution < 1.29 is 4.52 Å². The van der Waals surface area contributed by atoms with Crippen molar-refractivity contribution in [2.75, 3.05) is 5.32 Å². The Kier molecular flexibility index (Phi) is 3.19. The fourth-order valence-corrected chi connectivity index (χ4v) is 1.47. The lowest BCUT2D eigenvalue weighted by molar-refractivity contribution is 0.384. The molecule has 84 valence electrons. The van der Waals surface area contributed by atoms with E-state index in [9.17, 15) is 0 Å². The van der Waals surface area contributed by atoms with Crippen LogP contribution in [0.2, 0.25) is 0 Å². The molecule has 0 aliphatic rings. The van der Waals surface area contributed by atoms with E-state index in [-0.39, 0.29) is 0 Å². The molecule has 0 amide bonds. The Hall–Kier alpha value is -1.84. The van der Waals surface area contributed by atoms with Crippen LogP contribution in [0.5, 0.6) is 0 Å². The minimum absolute atomic E-state index is 0.612. The summed E-state index contributed by atoms with van der Waals surface area (Å²) in [6.07, 6.45) is 2.82. The van der Waals surface area contributed by atoms with Gasteiger partial charge in [-0.15, -0.1) is 0 Å². The summed E-state index contributed by atoms with van der Waals surface area (Å²) in [5.74, 6) is 1.69. The first-order valence-corrected chi connectivity index (χ1v) is 5.39. The van der Waals surface area contributed by atoms with Gasteiger partial charge in [-0.1, -0.05) is 12.1 Å². The number of nitrogens with one attached hydrogen (secondary N) is 1. The third kappa shape index (κ3) is 2.59. The Bertz CT molecular complexity index is 465. The Labute approximate surface area is 94.7 Å². The van der Waals surface area contributed by atoms with E-state index >= 15 is 0 Å². The second-order valence-electron chi connectivity index (χ2n) is 3.69. The Morgan fingerprint density at radius 2 is 2.25 bits per heavy atom. The lowest BCUT2D eigenvalue weighted by Crippen LogP contribution is -2.00. The summed E-state index contributed by atoms with van der Waals surface area (Å²) in [7, 11) is 0. The van der Waals surface area contributed by atoms with Crippen molar-refractivity contribution in [1.82, 2.24) is 10.1 Å². The van der Waals surface area contributed by atoms with Crippen LogP contribution in [0, 0.1) is 6.92 Å². The number of aromatic nitrogens is 2. The SMILES string of the molecule is CCc1ccnc(NCc2cc(C)no2)c1. The smallest absolute Gasteiger partial charge is 0.156 e. The van der Waals surface area contributed by atoms with Crippen molar-refractivity contribution in [3.63, 3.8) is 0 Å². The molecule has 1 N–H and O–H groups in total. The molecule has 2 aromatic rings. The van der Waals surface area contributed by atoms with E-state index in [4.69, 9.17) is 4.52 Å². The molecule has 4 nitrogen and oxygen atoms in total. The van der Waals surface area contributed by atoms with Gasteiger partial charge in [0.25, 0.3) is 0 Å². The predicted octanol–water partition coefficient (Wildman–Crippen LogP) is 2.55. The molecule has 2 aromatic heterocycles. The molecule has 0 atom stereocenters. The van der Waals surface area contributed by atoms with Crippen molar-refractivity contribution in [3.8, 4) is 0 Å². The molecule has 0 fully saturated rings. The summed E-state index contributed by atoms with van der Waals surface area (Å²) in [4.78, 5) is 4.24. The monoisotopic (exact) mass is 217 g/mol. The molecule has 0 bridgehead atoms. The van der Waals surface area contributed by atoms with Gasteiger partial charge in [-0.3, -0.25) is 0 Å². The first-order valence-electron chi connectivity index (χ1n) is 5.39. The van der Waals surface area contributed by atoms with Crippen molar-refractivity contribution in [1.29, 1.82) is 0 Å². The van der Waals surface area contributed by atoms with E-state index in [0.717, 1.165) is 23.7 Å². The van der Waals surface area contributed by atoms with Gasteiger partial charge in [0.1, 0.15) is 5.82 Å². The molecule has 16 heavy (non-hydrogen) atoms. The number of anilines is 1. The second-order valence-corrected chi connectivity index (χ2v) is 3.69. The fraction of sp³-hybridized carbons (Fsp3) is 0.333. The minimum atomic E-state index is 0.612. The highest BCUT2D eigenvalue weighted by Gasteiger charge is 2.01. The van der Waals surface area contributed by atoms with Crippen LogP contribution in [-0.4, -0.2) is 10.1 Å². The Morgan fingerprint density at radius 1 is 1.38 bits per heavy atom. The van der Waals surface area contributed by atoms with Crippen molar-refractivity contribution in [2.45, 2.75) is 26.8 Å². The summed E-state index contributed by atoms with van der Waals surface area (Å²) in [5.41, 5.74) is 2.17. The van der Waals surface area contributed by atoms with E-state index in [1.54, 1.807) is 0 Å². The van der Waals surface area contributed by atoms with Gasteiger partial charge in [-0.05, 0) is 31.0 Å². The second kappa shape index (κ2) is 4.79. The first-order chi connectivity index (χ1) is 7.78. The maximum Gasteiger partial charge on any atom is 0.156 e. The molecule has 2 rings (SSSR count). The number of rotatable bonds is 4. The highest BCUT2D eigenvalue weighted by Crippen LogP contribution is 2.09. The molecule has 0 saturated carbocycles. The Balaban J connectivity index is 1.99. The van der Waals surface area contributed by atoms with Crippen molar-refractivity contribution in [2.24, 2.45) is 0 Å². The third-order valence-corrected chi connectivity index (χ3v) is 2.35. The summed E-state index contributed by atoms with van der Waals surface area (Å²) in [6, 6.07) is 5.98. The van der Waals surface area contributed by atoms with Gasteiger partial charge in [-0.2, -0.15) is 0 Å². The van der Waals surface area contributed by atoms with Crippen LogP contribution in [-0.2, 0) is 13.0 Å². The zero-order valence-electron chi connectivity index (χ0n) is 9.53. The van der Waals surface area contributed by atoms with Gasteiger partial charge >= 0.3 is 0 Å². The van der Waals surface area contributed by atoms with E-state index in [1.807, 2.05) is 31.3 Å². The maximum absolute atomic E-state index is 5.10. The van der Waals surface area contributed by atoms with Crippen LogP contribution in [0.3, 0.4) is 0 Å². The number of pyridine rings is 1. The maximum atomic E-state index is 5.10. The van der Waals surface area contributed by atoms with Gasteiger partial charge in [0.05, 0.1) is 12.2 Å². The molecule has 0 radical (unpaired) electrons. The van der Waals surface area contributed by atoms with Gasteiger partial charge < -0.3 is 9.84 Å². The largest absolute Gasteiger partial charge is 0.363 e. The van der Waals surface area contributed by atoms with Gasteiger partial charge in [0.2, 0.25) is 0 Å². The number of nitrogens with zero attached hydrogens (tertiary/aromatic N) is 2. The van der Waals surface area contributed by atoms with E-state index in [1.165, 1.54) is 5.56 Å². The highest BCUT2D eigenvalue weighted by atomic mass is 16.5. The molecule has 0 aliphatic heterocycles. The molecule has 0 unspecified atom stereocenters. The lowest BCUT2D eigenvalue weighted by atomic mass is 10.2. The topological polar surface area (TPSA) is 51.0 Å². The molecule has 0 spiro atoms. The molecule has 2 heterocycles. The average Bonchev–Trinajstić information content (AvgIpc) is 2.73. The van der Waals surface area contributed by atoms with Crippen LogP contribution >= 0.6 is 0 Å². The van der Waals surface area contributed by atoms with Crippen molar-refractivity contribution >= 4 is 5.82 Å². The summed E-state index contributed by atoms with van der Waals surface area (Å²) in [5, 5.41) is 7.03. The van der Waals surface area contributed by atoms with E-state index in [0.29, 0.717) is 6.54 Å². The quantitative estimate of drug-likeness (QED) is 0.855. The first kappa shape index (κ1) is 10.7. The summed E-state index contributed by atoms with van der Waals surface area (Å²) < 4.78 is 5.10. The molecular formula is C12H15N3O. The summed E-state index contributed by atoms with van der Waals surface area (Å²) in [6.45, 7) is 4.64. The standard InChI is InChI=1S/C12H15N3O/c1-3-10-4-5-13-12(7-10)14-8-11-6-9(2)15-16-11/h4-7H,3,8H2,1-2H3,(H,13,14). The minimum Gasteiger partial charge on any atom is -0.363 e. The third-order valence-electron chi connectivity index (χ3n) is 2.35. The Morgan fingerprint density at radius 3 is 2.94 bits per heavy atom. The molecule has 0 aliphatic carbocycles. The number of hydrogen-bond acceptors (Lipinski definition) is 4. The van der Waals surface area contributed by atoms with Crippen LogP contribution in [0.1, 0.15) is 23.9 Å². The van der Waals surface area contributed by atoms with E-state index in [2.05, 4.69) is 22.4 Å². The van der Waals surface area contributed by atoms with E-state index < -0.39 is 0 Å². The molecule has 0 saturated heterocycles. The molecule has 0 aromatic carbocycles. The van der Waals surface area contributed by atoms with Crippen LogP contribution in [0.25, 0.3) is 0 Å². The molecular weight excluding hydrogens is 202 g/mol. The van der Waals surface area contributed by atoms with Crippen LogP contribution < -0.4 is 5.32 Å². The van der Waals surface area contributed by atoms with Crippen molar-refractivity contribution in [3.05, 3.63) is 41.4 Å². The molecule has 4 heteroatoms. The van der Waals surface area contributed by atoms with Gasteiger partial charge in [-0.25, -0.2) is 4.98 Å². The fourth-order valence-electron chi connectivity index (χ4n) is 1.47. The predicted molar refractivity (Wildman–Crippen MR) is 62.2 cm³/mol. The zero-order valence-corrected chi connectivity index (χ0v) is 9.53. The average molecular weight is 217 g/mol. The number of hydrogen-bond donors (Lipinski definition) is 1. The normalized spacial score (nSPS) is 10.4. The highest BCUT2D eigenvalue weighted by molar-refractivity contribution is 5.37. The van der Waals surface area contributed by atoms with Gasteiger partial charge in [0.15, 0.2) is 5.76 Å². The van der Waals surface area contributed by atoms with Crippen LogP contribution in [0.15, 0.2) is 28.9 Å². The lowest BCUT2D eigenvalue weighted by Gasteiger charge is -2.04. The van der Waals surface area contributed by atoms with Gasteiger partial charge in [0, 0.05) is 12.3 Å².